The number of amides is 1. The first kappa shape index (κ1) is 16.1. The molecule has 0 saturated heterocycles. The molecule has 0 radical (unpaired) electrons. The van der Waals surface area contributed by atoms with Crippen LogP contribution in [0, 0.1) is 0 Å². The molecule has 8 heteroatoms. The van der Waals surface area contributed by atoms with Crippen LogP contribution in [0.25, 0.3) is 0 Å². The van der Waals surface area contributed by atoms with E-state index in [0.29, 0.717) is 7.05 Å². The number of nitrogens with zero attached hydrogens (tertiary/aromatic N) is 1. The van der Waals surface area contributed by atoms with Crippen LogP contribution in [0.5, 0.6) is 0 Å². The van der Waals surface area contributed by atoms with E-state index in [1.807, 2.05) is 0 Å². The molecule has 3 nitrogen and oxygen atoms in total. The number of carbonyl (C=O) groups is 2. The number of likely N-dealkylation sites (N-methyl/N-ethyl adjacent to an activating group) is 1. The third kappa shape index (κ3) is 3.31. The Morgan fingerprint density at radius 2 is 1.55 bits per heavy atom. The van der Waals surface area contributed by atoms with E-state index in [9.17, 15) is 31.5 Å². The monoisotopic (exact) mass is 295 g/mol. The fourth-order valence-corrected chi connectivity index (χ4v) is 1.36. The summed E-state index contributed by atoms with van der Waals surface area (Å²) in [5.41, 5.74) is 0.113. The standard InChI is InChI=1S/C12H10F5NO2/c1-18(10(20)11(13,14)12(15,16)17)7-9(19)8-5-3-2-4-6-8/h2-6H,7H2,1H3. The van der Waals surface area contributed by atoms with Crippen molar-refractivity contribution in [3.05, 3.63) is 35.9 Å². The highest BCUT2D eigenvalue weighted by Crippen LogP contribution is 2.36. The Hall–Kier alpha value is -1.99. The summed E-state index contributed by atoms with van der Waals surface area (Å²) in [6.45, 7) is -0.867. The van der Waals surface area contributed by atoms with Crippen molar-refractivity contribution in [3.63, 3.8) is 0 Å². The van der Waals surface area contributed by atoms with E-state index in [1.165, 1.54) is 24.3 Å². The molecule has 0 spiro atoms. The van der Waals surface area contributed by atoms with Gasteiger partial charge in [-0.2, -0.15) is 22.0 Å². The van der Waals surface area contributed by atoms with Crippen LogP contribution < -0.4 is 0 Å². The third-order valence-corrected chi connectivity index (χ3v) is 2.45. The Balaban J connectivity index is 2.80. The summed E-state index contributed by atoms with van der Waals surface area (Å²) < 4.78 is 61.7. The van der Waals surface area contributed by atoms with Gasteiger partial charge in [-0.1, -0.05) is 30.3 Å². The number of rotatable bonds is 4. The van der Waals surface area contributed by atoms with Crippen LogP contribution in [0.2, 0.25) is 0 Å². The Morgan fingerprint density at radius 1 is 1.05 bits per heavy atom. The largest absolute Gasteiger partial charge is 0.463 e. The first-order valence-corrected chi connectivity index (χ1v) is 5.35. The lowest BCUT2D eigenvalue weighted by molar-refractivity contribution is -0.273. The van der Waals surface area contributed by atoms with E-state index in [1.54, 1.807) is 6.07 Å². The molecule has 0 fully saturated rings. The van der Waals surface area contributed by atoms with E-state index in [-0.39, 0.29) is 10.5 Å². The minimum absolute atomic E-state index is 0.0584. The maximum Gasteiger partial charge on any atom is 0.463 e. The Morgan fingerprint density at radius 3 is 2.00 bits per heavy atom. The van der Waals surface area contributed by atoms with Gasteiger partial charge in [-0.15, -0.1) is 0 Å². The molecule has 1 aromatic rings. The summed E-state index contributed by atoms with van der Waals surface area (Å²) in [6, 6.07) is 7.33. The van der Waals surface area contributed by atoms with Crippen LogP contribution in [0.1, 0.15) is 10.4 Å². The molecule has 0 aliphatic carbocycles. The molecule has 0 N–H and O–H groups in total. The molecule has 0 aromatic heterocycles. The molecular formula is C12H10F5NO2. The maximum atomic E-state index is 12.8. The van der Waals surface area contributed by atoms with Gasteiger partial charge in [0.2, 0.25) is 0 Å². The number of carbonyl (C=O) groups excluding carboxylic acids is 2. The lowest BCUT2D eigenvalue weighted by atomic mass is 10.1. The summed E-state index contributed by atoms with van der Waals surface area (Å²) in [4.78, 5) is 22.8. The smallest absolute Gasteiger partial charge is 0.333 e. The lowest BCUT2D eigenvalue weighted by Crippen LogP contribution is -2.51. The van der Waals surface area contributed by atoms with Crippen LogP contribution >= 0.6 is 0 Å². The predicted molar refractivity (Wildman–Crippen MR) is 59.4 cm³/mol. The average Bonchev–Trinajstić information content (AvgIpc) is 2.37. The zero-order valence-electron chi connectivity index (χ0n) is 10.2. The molecule has 20 heavy (non-hydrogen) atoms. The molecule has 1 aromatic carbocycles. The molecule has 0 aliphatic heterocycles. The van der Waals surface area contributed by atoms with Crippen molar-refractivity contribution in [2.75, 3.05) is 13.6 Å². The molecule has 1 rings (SSSR count). The highest BCUT2D eigenvalue weighted by molar-refractivity contribution is 5.99. The van der Waals surface area contributed by atoms with Crippen molar-refractivity contribution in [1.29, 1.82) is 0 Å². The maximum absolute atomic E-state index is 12.8. The van der Waals surface area contributed by atoms with Gasteiger partial charge in [-0.3, -0.25) is 9.59 Å². The van der Waals surface area contributed by atoms with E-state index >= 15 is 0 Å². The van der Waals surface area contributed by atoms with E-state index in [2.05, 4.69) is 0 Å². The van der Waals surface area contributed by atoms with E-state index in [0.717, 1.165) is 0 Å². The fraction of sp³-hybridized carbons (Fsp3) is 0.333. The van der Waals surface area contributed by atoms with Gasteiger partial charge in [0.05, 0.1) is 6.54 Å². The summed E-state index contributed by atoms with van der Waals surface area (Å²) >= 11 is 0. The quantitative estimate of drug-likeness (QED) is 0.632. The van der Waals surface area contributed by atoms with Gasteiger partial charge >= 0.3 is 18.0 Å². The Bertz CT molecular complexity index is 498. The Labute approximate surface area is 111 Å². The molecule has 0 saturated carbocycles. The molecule has 0 bridgehead atoms. The minimum atomic E-state index is -5.99. The van der Waals surface area contributed by atoms with Crippen LogP contribution in [0.3, 0.4) is 0 Å². The van der Waals surface area contributed by atoms with Crippen LogP contribution in [-0.2, 0) is 4.79 Å². The number of Topliss-reactive ketones (excluding diaryl/α,β-unsaturated/α-hetero) is 1. The zero-order valence-corrected chi connectivity index (χ0v) is 10.2. The van der Waals surface area contributed by atoms with Crippen molar-refractivity contribution in [3.8, 4) is 0 Å². The van der Waals surface area contributed by atoms with Gasteiger partial charge in [0, 0.05) is 12.6 Å². The fourth-order valence-electron chi connectivity index (χ4n) is 1.36. The first-order valence-electron chi connectivity index (χ1n) is 5.35. The first-order chi connectivity index (χ1) is 9.07. The van der Waals surface area contributed by atoms with Gasteiger partial charge in [0.25, 0.3) is 0 Å². The molecule has 0 heterocycles. The van der Waals surface area contributed by atoms with Gasteiger partial charge < -0.3 is 4.90 Å². The highest BCUT2D eigenvalue weighted by Gasteiger charge is 2.64. The zero-order chi connectivity index (χ0) is 15.6. The summed E-state index contributed by atoms with van der Waals surface area (Å²) in [5.74, 6) is -8.72. The van der Waals surface area contributed by atoms with Crippen molar-refractivity contribution in [1.82, 2.24) is 4.90 Å². The molecular weight excluding hydrogens is 285 g/mol. The molecule has 0 atom stereocenters. The highest BCUT2D eigenvalue weighted by atomic mass is 19.4. The van der Waals surface area contributed by atoms with E-state index < -0.39 is 30.3 Å². The van der Waals surface area contributed by atoms with Gasteiger partial charge in [0.15, 0.2) is 5.78 Å². The van der Waals surface area contributed by atoms with Crippen LogP contribution in [0.15, 0.2) is 30.3 Å². The minimum Gasteiger partial charge on any atom is -0.333 e. The second kappa shape index (κ2) is 5.56. The van der Waals surface area contributed by atoms with Crippen molar-refractivity contribution in [2.45, 2.75) is 12.1 Å². The van der Waals surface area contributed by atoms with Crippen molar-refractivity contribution >= 4 is 11.7 Å². The number of ketones is 1. The Kier molecular flexibility index (Phi) is 4.46. The normalized spacial score (nSPS) is 12.1. The second-order valence-corrected chi connectivity index (χ2v) is 4.02. The van der Waals surface area contributed by atoms with E-state index in [4.69, 9.17) is 0 Å². The van der Waals surface area contributed by atoms with Crippen LogP contribution in [-0.4, -0.2) is 42.3 Å². The molecule has 110 valence electrons. The topological polar surface area (TPSA) is 37.4 Å². The number of benzene rings is 1. The van der Waals surface area contributed by atoms with Gasteiger partial charge in [-0.05, 0) is 0 Å². The average molecular weight is 295 g/mol. The summed E-state index contributed by atoms with van der Waals surface area (Å²) in [5, 5.41) is 0. The molecule has 0 aliphatic rings. The van der Waals surface area contributed by atoms with Crippen LogP contribution in [0.4, 0.5) is 22.0 Å². The van der Waals surface area contributed by atoms with Crippen molar-refractivity contribution in [2.24, 2.45) is 0 Å². The number of hydrogen-bond acceptors (Lipinski definition) is 2. The molecule has 1 amide bonds. The number of alkyl halides is 5. The summed E-state index contributed by atoms with van der Waals surface area (Å²) in [6.07, 6.45) is -5.99. The predicted octanol–water partition coefficient (Wildman–Crippen LogP) is 2.53. The number of hydrogen-bond donors (Lipinski definition) is 0. The van der Waals surface area contributed by atoms with Gasteiger partial charge in [-0.25, -0.2) is 0 Å². The number of halogens is 5. The third-order valence-electron chi connectivity index (χ3n) is 2.45. The van der Waals surface area contributed by atoms with Crippen molar-refractivity contribution < 1.29 is 31.5 Å². The lowest BCUT2D eigenvalue weighted by Gasteiger charge is -2.24. The van der Waals surface area contributed by atoms with Gasteiger partial charge in [0.1, 0.15) is 0 Å². The molecule has 0 unspecified atom stereocenters. The summed E-state index contributed by atoms with van der Waals surface area (Å²) in [7, 11) is 0.711. The SMILES string of the molecule is CN(CC(=O)c1ccccc1)C(=O)C(F)(F)C(F)(F)F. The second-order valence-electron chi connectivity index (χ2n) is 4.02.